The van der Waals surface area contributed by atoms with Crippen LogP contribution in [0.15, 0.2) is 79.1 Å². The van der Waals surface area contributed by atoms with Crippen molar-refractivity contribution in [3.63, 3.8) is 0 Å². The van der Waals surface area contributed by atoms with E-state index >= 15 is 0 Å². The molecule has 40 heavy (non-hydrogen) atoms. The summed E-state index contributed by atoms with van der Waals surface area (Å²) in [5.41, 5.74) is 8.66. The molecule has 1 aromatic heterocycles. The monoisotopic (exact) mass is 543 g/mol. The van der Waals surface area contributed by atoms with Crippen LogP contribution in [-0.4, -0.2) is 29.3 Å². The van der Waals surface area contributed by atoms with Crippen LogP contribution in [0.4, 0.5) is 14.5 Å². The number of amides is 1. The molecule has 4 rings (SSSR count). The third kappa shape index (κ3) is 6.62. The Balaban J connectivity index is 1.59. The van der Waals surface area contributed by atoms with E-state index in [4.69, 9.17) is 10.5 Å². The summed E-state index contributed by atoms with van der Waals surface area (Å²) in [6.45, 7) is 2.25. The van der Waals surface area contributed by atoms with Crippen LogP contribution in [0, 0.1) is 11.6 Å². The molecular weight excluding hydrogens is 516 g/mol. The van der Waals surface area contributed by atoms with E-state index in [9.17, 15) is 23.2 Å². The highest BCUT2D eigenvalue weighted by atomic mass is 19.1. The van der Waals surface area contributed by atoms with E-state index in [1.807, 2.05) is 6.92 Å². The van der Waals surface area contributed by atoms with E-state index in [0.717, 1.165) is 17.8 Å². The Kier molecular flexibility index (Phi) is 9.08. The number of anilines is 1. The van der Waals surface area contributed by atoms with Gasteiger partial charge in [0.2, 0.25) is 0 Å². The van der Waals surface area contributed by atoms with Crippen LogP contribution in [0.1, 0.15) is 55.5 Å². The first-order valence-electron chi connectivity index (χ1n) is 12.6. The molecule has 0 atom stereocenters. The van der Waals surface area contributed by atoms with Gasteiger partial charge in [-0.05, 0) is 71.1 Å². The van der Waals surface area contributed by atoms with Gasteiger partial charge in [0.1, 0.15) is 11.6 Å². The Morgan fingerprint density at radius 2 is 1.70 bits per heavy atom. The summed E-state index contributed by atoms with van der Waals surface area (Å²) >= 11 is 0. The third-order valence-electron chi connectivity index (χ3n) is 6.18. The Bertz CT molecular complexity index is 1570. The van der Waals surface area contributed by atoms with Gasteiger partial charge in [0.25, 0.3) is 5.91 Å². The number of pyridine rings is 1. The number of hydrogen-bond acceptors (Lipinski definition) is 6. The van der Waals surface area contributed by atoms with Gasteiger partial charge < -0.3 is 15.8 Å². The number of esters is 1. The average Bonchev–Trinajstić information content (AvgIpc) is 2.97. The highest BCUT2D eigenvalue weighted by Crippen LogP contribution is 2.27. The molecule has 0 saturated carbocycles. The molecule has 4 aromatic rings. The molecule has 0 aliphatic rings. The molecule has 0 fully saturated rings. The van der Waals surface area contributed by atoms with Crippen LogP contribution in [0.25, 0.3) is 11.1 Å². The molecule has 1 amide bonds. The van der Waals surface area contributed by atoms with Crippen LogP contribution < -0.4 is 11.1 Å². The fourth-order valence-electron chi connectivity index (χ4n) is 4.07. The lowest BCUT2D eigenvalue weighted by Gasteiger charge is -2.13. The normalized spacial score (nSPS) is 10.7. The number of rotatable bonds is 10. The van der Waals surface area contributed by atoms with E-state index < -0.39 is 23.5 Å². The molecule has 3 aromatic carbocycles. The first-order valence-corrected chi connectivity index (χ1v) is 12.6. The predicted octanol–water partition coefficient (Wildman–Crippen LogP) is 5.73. The standard InChI is InChI=1S/C31H27F2N3O4/c1-2-12-40-31(39)23-8-9-26(32)28(15-23)36-30(38)22-5-3-4-19(13-22)25-14-21(6-7-24(25)17-34)29(37)16-20-10-11-35-18-27(20)33/h3-11,13-15,18H,2,12,16-17,34H2,1H3,(H,36,38). The third-order valence-corrected chi connectivity index (χ3v) is 6.18. The molecule has 0 saturated heterocycles. The molecule has 0 bridgehead atoms. The number of Topliss-reactive ketones (excluding diaryl/α,β-unsaturated/α-hetero) is 1. The molecule has 3 N–H and O–H groups in total. The van der Waals surface area contributed by atoms with Gasteiger partial charge >= 0.3 is 5.97 Å². The molecule has 0 aliphatic heterocycles. The number of nitrogens with zero attached hydrogens (tertiary/aromatic N) is 1. The van der Waals surface area contributed by atoms with Crippen molar-refractivity contribution in [2.24, 2.45) is 5.73 Å². The molecule has 7 nitrogen and oxygen atoms in total. The minimum Gasteiger partial charge on any atom is -0.462 e. The number of nitrogens with one attached hydrogen (secondary N) is 1. The molecule has 0 unspecified atom stereocenters. The summed E-state index contributed by atoms with van der Waals surface area (Å²) in [5, 5.41) is 2.51. The maximum absolute atomic E-state index is 14.5. The van der Waals surface area contributed by atoms with Crippen LogP contribution in [0.5, 0.6) is 0 Å². The maximum Gasteiger partial charge on any atom is 0.338 e. The van der Waals surface area contributed by atoms with Crippen molar-refractivity contribution in [2.45, 2.75) is 26.3 Å². The number of hydrogen-bond donors (Lipinski definition) is 2. The molecule has 204 valence electrons. The highest BCUT2D eigenvalue weighted by molar-refractivity contribution is 6.06. The fourth-order valence-corrected chi connectivity index (χ4v) is 4.07. The molecule has 9 heteroatoms. The number of ether oxygens (including phenoxy) is 1. The fraction of sp³-hybridized carbons (Fsp3) is 0.161. The number of aromatic nitrogens is 1. The Labute approximate surface area is 230 Å². The molecule has 0 spiro atoms. The molecule has 1 heterocycles. The van der Waals surface area contributed by atoms with E-state index in [-0.39, 0.29) is 47.7 Å². The summed E-state index contributed by atoms with van der Waals surface area (Å²) < 4.78 is 33.6. The second-order valence-corrected chi connectivity index (χ2v) is 9.01. The van der Waals surface area contributed by atoms with Gasteiger partial charge in [0.05, 0.1) is 24.1 Å². The van der Waals surface area contributed by atoms with Crippen molar-refractivity contribution in [2.75, 3.05) is 11.9 Å². The number of halogens is 2. The summed E-state index contributed by atoms with van der Waals surface area (Å²) in [6, 6.07) is 16.6. The number of nitrogens with two attached hydrogens (primary N) is 1. The first-order chi connectivity index (χ1) is 19.3. The molecule has 0 radical (unpaired) electrons. The number of carbonyl (C=O) groups is 3. The number of carbonyl (C=O) groups excluding carboxylic acids is 3. The first kappa shape index (κ1) is 28.3. The van der Waals surface area contributed by atoms with Crippen molar-refractivity contribution in [1.82, 2.24) is 4.98 Å². The largest absolute Gasteiger partial charge is 0.462 e. The smallest absolute Gasteiger partial charge is 0.338 e. The average molecular weight is 544 g/mol. The van der Waals surface area contributed by atoms with Crippen molar-refractivity contribution in [3.8, 4) is 11.1 Å². The van der Waals surface area contributed by atoms with Crippen LogP contribution >= 0.6 is 0 Å². The van der Waals surface area contributed by atoms with Gasteiger partial charge in [-0.1, -0.05) is 31.2 Å². The minimum absolute atomic E-state index is 0.111. The highest BCUT2D eigenvalue weighted by Gasteiger charge is 2.17. The van der Waals surface area contributed by atoms with E-state index in [0.29, 0.717) is 23.1 Å². The van der Waals surface area contributed by atoms with Gasteiger partial charge in [0, 0.05) is 30.3 Å². The summed E-state index contributed by atoms with van der Waals surface area (Å²) in [7, 11) is 0. The van der Waals surface area contributed by atoms with Crippen LogP contribution in [0.3, 0.4) is 0 Å². The Morgan fingerprint density at radius 1 is 0.900 bits per heavy atom. The minimum atomic E-state index is -0.709. The number of ketones is 1. The van der Waals surface area contributed by atoms with Gasteiger partial charge in [-0.2, -0.15) is 0 Å². The van der Waals surface area contributed by atoms with Gasteiger partial charge in [-0.25, -0.2) is 13.6 Å². The topological polar surface area (TPSA) is 111 Å². The van der Waals surface area contributed by atoms with E-state index in [1.165, 1.54) is 24.4 Å². The lowest BCUT2D eigenvalue weighted by Crippen LogP contribution is -2.14. The van der Waals surface area contributed by atoms with Crippen molar-refractivity contribution >= 4 is 23.3 Å². The van der Waals surface area contributed by atoms with Crippen LogP contribution in [0.2, 0.25) is 0 Å². The van der Waals surface area contributed by atoms with Crippen molar-refractivity contribution in [3.05, 3.63) is 119 Å². The van der Waals surface area contributed by atoms with Crippen molar-refractivity contribution < 1.29 is 27.9 Å². The second-order valence-electron chi connectivity index (χ2n) is 9.01. The van der Waals surface area contributed by atoms with E-state index in [1.54, 1.807) is 42.5 Å². The zero-order valence-corrected chi connectivity index (χ0v) is 21.7. The summed E-state index contributed by atoms with van der Waals surface area (Å²) in [6.07, 6.45) is 2.97. The number of benzene rings is 3. The summed E-state index contributed by atoms with van der Waals surface area (Å²) in [5.74, 6) is -2.78. The zero-order valence-electron chi connectivity index (χ0n) is 21.7. The maximum atomic E-state index is 14.5. The van der Waals surface area contributed by atoms with Crippen LogP contribution in [-0.2, 0) is 17.7 Å². The van der Waals surface area contributed by atoms with Gasteiger partial charge in [-0.3, -0.25) is 14.6 Å². The molecular formula is C31H27F2N3O4. The summed E-state index contributed by atoms with van der Waals surface area (Å²) in [4.78, 5) is 41.9. The van der Waals surface area contributed by atoms with E-state index in [2.05, 4.69) is 10.3 Å². The van der Waals surface area contributed by atoms with Gasteiger partial charge in [-0.15, -0.1) is 0 Å². The molecule has 0 aliphatic carbocycles. The quantitative estimate of drug-likeness (QED) is 0.195. The zero-order chi connectivity index (χ0) is 28.6. The lowest BCUT2D eigenvalue weighted by molar-refractivity contribution is 0.0504. The Hall–Kier alpha value is -4.76. The lowest BCUT2D eigenvalue weighted by atomic mass is 9.93. The second kappa shape index (κ2) is 12.9. The Morgan fingerprint density at radius 3 is 2.45 bits per heavy atom. The van der Waals surface area contributed by atoms with Gasteiger partial charge in [0.15, 0.2) is 5.78 Å². The van der Waals surface area contributed by atoms with Crippen molar-refractivity contribution in [1.29, 1.82) is 0 Å². The predicted molar refractivity (Wildman–Crippen MR) is 147 cm³/mol. The SMILES string of the molecule is CCCOC(=O)c1ccc(F)c(NC(=O)c2cccc(-c3cc(C(=O)Cc4ccncc4F)ccc3CN)c2)c1.